The molecule has 1 spiro atoms. The molecule has 1 aliphatic heterocycles. The molecule has 2 aliphatic carbocycles. The van der Waals surface area contributed by atoms with E-state index in [1.807, 2.05) is 0 Å². The van der Waals surface area contributed by atoms with Gasteiger partial charge in [0, 0.05) is 44.6 Å². The van der Waals surface area contributed by atoms with E-state index in [-0.39, 0.29) is 0 Å². The van der Waals surface area contributed by atoms with Crippen LogP contribution in [0.1, 0.15) is 22.3 Å². The van der Waals surface area contributed by atoms with Gasteiger partial charge in [-0.05, 0) is 157 Å². The molecule has 0 radical (unpaired) electrons. The van der Waals surface area contributed by atoms with Crippen LogP contribution in [0, 0.1) is 0 Å². The lowest BCUT2D eigenvalue weighted by Gasteiger charge is -2.36. The first kappa shape index (κ1) is 42.5. The molecule has 354 valence electrons. The summed E-state index contributed by atoms with van der Waals surface area (Å²) in [6.45, 7) is 0. The van der Waals surface area contributed by atoms with Gasteiger partial charge in [0.1, 0.15) is 11.2 Å². The first-order chi connectivity index (χ1) is 37.7. The maximum atomic E-state index is 6.82. The molecule has 0 N–H and O–H groups in total. The SMILES string of the molecule is c1ccc(-c2ccc(N(c3ccc4c(c3)-c3ccccc3-c3ccccc3N4c3ccccc3)c3ccc4c(c3)C3(c5ccccc5-c5ccccc5-4)c4ccccc4-c4cc5c(cc43)oc3ccccc35)cc2)cc1. The second kappa shape index (κ2) is 16.5. The van der Waals surface area contributed by atoms with E-state index in [9.17, 15) is 0 Å². The Morgan fingerprint density at radius 3 is 1.49 bits per heavy atom. The second-order valence-corrected chi connectivity index (χ2v) is 20.3. The third-order valence-electron chi connectivity index (χ3n) is 16.4. The molecule has 12 aromatic carbocycles. The van der Waals surface area contributed by atoms with Crippen molar-refractivity contribution in [3.63, 3.8) is 0 Å². The normalized spacial score (nSPS) is 14.3. The van der Waals surface area contributed by atoms with Crippen molar-refractivity contribution in [1.29, 1.82) is 0 Å². The highest BCUT2D eigenvalue weighted by molar-refractivity contribution is 6.10. The number of hydrogen-bond acceptors (Lipinski definition) is 3. The summed E-state index contributed by atoms with van der Waals surface area (Å²) >= 11 is 0. The lowest BCUT2D eigenvalue weighted by Crippen LogP contribution is -2.29. The Morgan fingerprint density at radius 1 is 0.276 bits per heavy atom. The van der Waals surface area contributed by atoms with Gasteiger partial charge in [-0.15, -0.1) is 0 Å². The molecular weight excluding hydrogens is 921 g/mol. The molecule has 3 aliphatic rings. The summed E-state index contributed by atoms with van der Waals surface area (Å²) in [5, 5.41) is 2.26. The Labute approximate surface area is 441 Å². The molecule has 0 amide bonds. The lowest BCUT2D eigenvalue weighted by molar-refractivity contribution is 0.666. The van der Waals surface area contributed by atoms with Crippen LogP contribution in [0.15, 0.2) is 283 Å². The zero-order chi connectivity index (χ0) is 49.9. The summed E-state index contributed by atoms with van der Waals surface area (Å²) in [4.78, 5) is 4.91. The van der Waals surface area contributed by atoms with E-state index in [0.717, 1.165) is 61.6 Å². The van der Waals surface area contributed by atoms with Crippen LogP contribution in [-0.2, 0) is 5.41 Å². The van der Waals surface area contributed by atoms with Gasteiger partial charge in [-0.2, -0.15) is 0 Å². The van der Waals surface area contributed by atoms with Gasteiger partial charge in [-0.3, -0.25) is 0 Å². The van der Waals surface area contributed by atoms with Crippen molar-refractivity contribution in [2.75, 3.05) is 9.80 Å². The Morgan fingerprint density at radius 2 is 0.763 bits per heavy atom. The first-order valence-corrected chi connectivity index (χ1v) is 26.2. The molecule has 76 heavy (non-hydrogen) atoms. The highest BCUT2D eigenvalue weighted by atomic mass is 16.3. The monoisotopic (exact) mass is 966 g/mol. The van der Waals surface area contributed by atoms with Crippen molar-refractivity contribution in [2.45, 2.75) is 5.41 Å². The number of hydrogen-bond donors (Lipinski definition) is 0. The van der Waals surface area contributed by atoms with Crippen LogP contribution in [0.3, 0.4) is 0 Å². The summed E-state index contributed by atoms with van der Waals surface area (Å²) < 4.78 is 6.82. The summed E-state index contributed by atoms with van der Waals surface area (Å²) in [5.41, 5.74) is 27.0. The molecule has 0 saturated carbocycles. The van der Waals surface area contributed by atoms with Crippen molar-refractivity contribution in [2.24, 2.45) is 0 Å². The summed E-state index contributed by atoms with van der Waals surface area (Å²) in [7, 11) is 0. The number of furan rings is 1. The van der Waals surface area contributed by atoms with Gasteiger partial charge >= 0.3 is 0 Å². The molecule has 1 atom stereocenters. The first-order valence-electron chi connectivity index (χ1n) is 26.2. The van der Waals surface area contributed by atoms with Gasteiger partial charge in [0.05, 0.1) is 16.8 Å². The average molecular weight is 967 g/mol. The zero-order valence-corrected chi connectivity index (χ0v) is 41.4. The minimum Gasteiger partial charge on any atom is -0.456 e. The van der Waals surface area contributed by atoms with Crippen molar-refractivity contribution < 1.29 is 4.42 Å². The van der Waals surface area contributed by atoms with Gasteiger partial charge in [0.2, 0.25) is 0 Å². The minimum absolute atomic E-state index is 0.739. The smallest absolute Gasteiger partial charge is 0.135 e. The van der Waals surface area contributed by atoms with Crippen molar-refractivity contribution >= 4 is 56.1 Å². The molecule has 0 fully saturated rings. The predicted octanol–water partition coefficient (Wildman–Crippen LogP) is 19.9. The largest absolute Gasteiger partial charge is 0.456 e. The van der Waals surface area contributed by atoms with Gasteiger partial charge in [0.15, 0.2) is 0 Å². The highest BCUT2D eigenvalue weighted by Gasteiger charge is 2.50. The fourth-order valence-electron chi connectivity index (χ4n) is 13.2. The number of para-hydroxylation sites is 3. The third kappa shape index (κ3) is 6.11. The fraction of sp³-hybridized carbons (Fsp3) is 0.0137. The maximum Gasteiger partial charge on any atom is 0.135 e. The van der Waals surface area contributed by atoms with Gasteiger partial charge in [-0.1, -0.05) is 200 Å². The van der Waals surface area contributed by atoms with Crippen molar-refractivity contribution in [3.8, 4) is 66.8 Å². The predicted molar refractivity (Wildman–Crippen MR) is 315 cm³/mol. The van der Waals surface area contributed by atoms with Crippen LogP contribution in [0.5, 0.6) is 0 Å². The second-order valence-electron chi connectivity index (χ2n) is 20.3. The standard InChI is InChI=1S/C73H46N2O/c1-3-19-47(20-4-1)48-35-37-50(38-36-48)74(51-40-42-70-63(43-51)56-26-10-9-25-55(56)60-29-13-17-33-69(60)75(70)49-21-5-2-6-22-49)52-39-41-59-54-24-8-7-23-53(54)57-27-11-15-31-65(57)73(67(59)44-52)66-32-16-12-28-58(66)62-45-64-61-30-14-18-34-71(61)76-72(64)46-68(62)73/h1-46H. The molecule has 3 heteroatoms. The third-order valence-corrected chi connectivity index (χ3v) is 16.4. The van der Waals surface area contributed by atoms with Crippen LogP contribution in [0.25, 0.3) is 88.7 Å². The molecule has 3 nitrogen and oxygen atoms in total. The van der Waals surface area contributed by atoms with Crippen LogP contribution < -0.4 is 9.80 Å². The number of fused-ring (bicyclic) bond motifs is 20. The van der Waals surface area contributed by atoms with E-state index in [4.69, 9.17) is 4.42 Å². The molecule has 0 saturated heterocycles. The summed E-state index contributed by atoms with van der Waals surface area (Å²) in [5.74, 6) is 0. The Hall–Kier alpha value is -9.96. The molecule has 2 heterocycles. The summed E-state index contributed by atoms with van der Waals surface area (Å²) in [6, 6.07) is 103. The lowest BCUT2D eigenvalue weighted by atomic mass is 9.65. The topological polar surface area (TPSA) is 19.6 Å². The van der Waals surface area contributed by atoms with Crippen LogP contribution >= 0.6 is 0 Å². The highest BCUT2D eigenvalue weighted by Crippen LogP contribution is 2.63. The molecule has 1 aromatic heterocycles. The molecule has 13 aromatic rings. The average Bonchev–Trinajstić information content (AvgIpc) is 3.93. The maximum absolute atomic E-state index is 6.82. The number of benzene rings is 12. The van der Waals surface area contributed by atoms with Gasteiger partial charge < -0.3 is 14.2 Å². The van der Waals surface area contributed by atoms with E-state index in [2.05, 4.69) is 289 Å². The Bertz CT molecular complexity index is 4480. The number of rotatable bonds is 5. The molecule has 16 rings (SSSR count). The van der Waals surface area contributed by atoms with Crippen LogP contribution in [-0.4, -0.2) is 0 Å². The Balaban J connectivity index is 0.992. The molecule has 0 bridgehead atoms. The number of nitrogens with zero attached hydrogens (tertiary/aromatic N) is 2. The van der Waals surface area contributed by atoms with Gasteiger partial charge in [0.25, 0.3) is 0 Å². The molecular formula is C73H46N2O. The van der Waals surface area contributed by atoms with Crippen LogP contribution in [0.2, 0.25) is 0 Å². The molecule has 1 unspecified atom stereocenters. The van der Waals surface area contributed by atoms with Gasteiger partial charge in [-0.25, -0.2) is 0 Å². The van der Waals surface area contributed by atoms with E-state index in [0.29, 0.717) is 0 Å². The fourth-order valence-corrected chi connectivity index (χ4v) is 13.2. The van der Waals surface area contributed by atoms with E-state index in [1.165, 1.54) is 83.5 Å². The Kier molecular flexibility index (Phi) is 9.25. The number of anilines is 6. The van der Waals surface area contributed by atoms with E-state index < -0.39 is 5.41 Å². The van der Waals surface area contributed by atoms with Crippen molar-refractivity contribution in [3.05, 3.63) is 301 Å². The van der Waals surface area contributed by atoms with E-state index >= 15 is 0 Å². The van der Waals surface area contributed by atoms with E-state index in [1.54, 1.807) is 0 Å². The van der Waals surface area contributed by atoms with Crippen molar-refractivity contribution in [1.82, 2.24) is 0 Å². The summed E-state index contributed by atoms with van der Waals surface area (Å²) in [6.07, 6.45) is 0. The minimum atomic E-state index is -0.739. The quantitative estimate of drug-likeness (QED) is 0.171. The van der Waals surface area contributed by atoms with Crippen LogP contribution in [0.4, 0.5) is 34.1 Å². The zero-order valence-electron chi connectivity index (χ0n) is 41.4.